The van der Waals surface area contributed by atoms with Gasteiger partial charge in [-0.2, -0.15) is 5.26 Å². The standard InChI is InChI=1S/C17H20N2O3/c1-11(2)14-15(12-8-6-5-7-9-12)22-16(19(14)3)13(10-18)17(20)21-4/h5-9,11,14-15H,1-4H3/b16-13+/t14-,15-/m1/s1. The summed E-state index contributed by atoms with van der Waals surface area (Å²) in [5, 5.41) is 9.27. The average Bonchev–Trinajstić information content (AvgIpc) is 2.86. The van der Waals surface area contributed by atoms with Crippen LogP contribution in [-0.2, 0) is 14.3 Å². The van der Waals surface area contributed by atoms with Crippen LogP contribution in [0.25, 0.3) is 0 Å². The molecule has 116 valence electrons. The van der Waals surface area contributed by atoms with Crippen LogP contribution in [0.1, 0.15) is 25.5 Å². The molecule has 1 aliphatic heterocycles. The molecule has 1 aromatic rings. The lowest BCUT2D eigenvalue weighted by molar-refractivity contribution is -0.136. The number of ether oxygens (including phenoxy) is 2. The van der Waals surface area contributed by atoms with E-state index in [1.54, 1.807) is 0 Å². The number of rotatable bonds is 3. The summed E-state index contributed by atoms with van der Waals surface area (Å²) in [6, 6.07) is 11.7. The zero-order chi connectivity index (χ0) is 16.3. The molecule has 0 amide bonds. The van der Waals surface area contributed by atoms with Gasteiger partial charge in [0.05, 0.1) is 13.2 Å². The van der Waals surface area contributed by atoms with Crippen LogP contribution >= 0.6 is 0 Å². The molecular weight excluding hydrogens is 280 g/mol. The van der Waals surface area contributed by atoms with Crippen molar-refractivity contribution in [2.75, 3.05) is 14.2 Å². The average molecular weight is 300 g/mol. The molecule has 1 saturated heterocycles. The molecule has 2 atom stereocenters. The maximum absolute atomic E-state index is 11.8. The first-order valence-corrected chi connectivity index (χ1v) is 7.18. The third kappa shape index (κ3) is 2.77. The molecule has 1 aliphatic rings. The predicted molar refractivity (Wildman–Crippen MR) is 81.3 cm³/mol. The van der Waals surface area contributed by atoms with Crippen molar-refractivity contribution in [1.29, 1.82) is 5.26 Å². The summed E-state index contributed by atoms with van der Waals surface area (Å²) in [5.74, 6) is -0.118. The van der Waals surface area contributed by atoms with Crippen LogP contribution in [0.2, 0.25) is 0 Å². The number of esters is 1. The Labute approximate surface area is 130 Å². The highest BCUT2D eigenvalue weighted by atomic mass is 16.5. The molecule has 0 radical (unpaired) electrons. The minimum Gasteiger partial charge on any atom is -0.468 e. The zero-order valence-corrected chi connectivity index (χ0v) is 13.2. The fraction of sp³-hybridized carbons (Fsp3) is 0.412. The Balaban J connectivity index is 2.48. The van der Waals surface area contributed by atoms with Gasteiger partial charge in [0.15, 0.2) is 5.57 Å². The highest BCUT2D eigenvalue weighted by Gasteiger charge is 2.42. The highest BCUT2D eigenvalue weighted by Crippen LogP contribution is 2.40. The number of carbonyl (C=O) groups is 1. The molecule has 1 aromatic carbocycles. The number of benzene rings is 1. The van der Waals surface area contributed by atoms with E-state index < -0.39 is 5.97 Å². The number of nitriles is 1. The summed E-state index contributed by atoms with van der Waals surface area (Å²) < 4.78 is 10.7. The van der Waals surface area contributed by atoms with E-state index in [2.05, 4.69) is 18.6 Å². The Morgan fingerprint density at radius 3 is 2.50 bits per heavy atom. The van der Waals surface area contributed by atoms with Gasteiger partial charge in [0, 0.05) is 7.05 Å². The Bertz CT molecular complexity index is 617. The molecule has 0 aliphatic carbocycles. The Kier molecular flexibility index (Phi) is 4.71. The number of nitrogens with zero attached hydrogens (tertiary/aromatic N) is 2. The Morgan fingerprint density at radius 2 is 2.00 bits per heavy atom. The fourth-order valence-corrected chi connectivity index (χ4v) is 2.83. The van der Waals surface area contributed by atoms with Gasteiger partial charge in [0.2, 0.25) is 5.88 Å². The first-order chi connectivity index (χ1) is 10.5. The Morgan fingerprint density at radius 1 is 1.36 bits per heavy atom. The molecular formula is C17H20N2O3. The lowest BCUT2D eigenvalue weighted by atomic mass is 9.93. The molecule has 0 aromatic heterocycles. The van der Waals surface area contributed by atoms with Gasteiger partial charge in [-0.25, -0.2) is 4.79 Å². The molecule has 5 heteroatoms. The van der Waals surface area contributed by atoms with E-state index in [-0.39, 0.29) is 29.5 Å². The van der Waals surface area contributed by atoms with Crippen molar-refractivity contribution < 1.29 is 14.3 Å². The van der Waals surface area contributed by atoms with E-state index in [1.165, 1.54) is 7.11 Å². The molecule has 0 unspecified atom stereocenters. The minimum atomic E-state index is -0.680. The third-order valence-electron chi connectivity index (χ3n) is 3.84. The van der Waals surface area contributed by atoms with Gasteiger partial charge in [0.1, 0.15) is 12.2 Å². The van der Waals surface area contributed by atoms with Gasteiger partial charge in [0.25, 0.3) is 0 Å². The monoisotopic (exact) mass is 300 g/mol. The van der Waals surface area contributed by atoms with Gasteiger partial charge in [-0.3, -0.25) is 0 Å². The van der Waals surface area contributed by atoms with E-state index in [1.807, 2.05) is 48.3 Å². The summed E-state index contributed by atoms with van der Waals surface area (Å²) in [4.78, 5) is 13.6. The van der Waals surface area contributed by atoms with E-state index in [0.717, 1.165) is 5.56 Å². The van der Waals surface area contributed by atoms with Crippen molar-refractivity contribution in [2.24, 2.45) is 5.92 Å². The van der Waals surface area contributed by atoms with Crippen LogP contribution in [0, 0.1) is 17.2 Å². The highest BCUT2D eigenvalue weighted by molar-refractivity contribution is 5.93. The first-order valence-electron chi connectivity index (χ1n) is 7.18. The van der Waals surface area contributed by atoms with E-state index in [0.29, 0.717) is 0 Å². The van der Waals surface area contributed by atoms with Crippen molar-refractivity contribution in [3.05, 3.63) is 47.4 Å². The Hall–Kier alpha value is -2.48. The summed E-state index contributed by atoms with van der Waals surface area (Å²) >= 11 is 0. The largest absolute Gasteiger partial charge is 0.468 e. The number of hydrogen-bond acceptors (Lipinski definition) is 5. The topological polar surface area (TPSA) is 62.6 Å². The van der Waals surface area contributed by atoms with E-state index in [9.17, 15) is 10.1 Å². The number of carbonyl (C=O) groups excluding carboxylic acids is 1. The van der Waals surface area contributed by atoms with Gasteiger partial charge in [-0.1, -0.05) is 44.2 Å². The SMILES string of the molecule is COC(=O)/C(C#N)=C1/O[C@H](c2ccccc2)[C@@H](C(C)C)N1C. The molecule has 1 heterocycles. The lowest BCUT2D eigenvalue weighted by Gasteiger charge is -2.26. The smallest absolute Gasteiger partial charge is 0.354 e. The third-order valence-corrected chi connectivity index (χ3v) is 3.84. The molecule has 2 rings (SSSR count). The quantitative estimate of drug-likeness (QED) is 0.488. The van der Waals surface area contributed by atoms with Crippen molar-refractivity contribution >= 4 is 5.97 Å². The molecule has 0 spiro atoms. The summed E-state index contributed by atoms with van der Waals surface area (Å²) in [7, 11) is 3.09. The van der Waals surface area contributed by atoms with Crippen LogP contribution < -0.4 is 0 Å². The summed E-state index contributed by atoms with van der Waals surface area (Å²) in [5.41, 5.74) is 0.916. The summed E-state index contributed by atoms with van der Waals surface area (Å²) in [6.07, 6.45) is -0.228. The van der Waals surface area contributed by atoms with Crippen LogP contribution in [0.3, 0.4) is 0 Å². The minimum absolute atomic E-state index is 0.0328. The van der Waals surface area contributed by atoms with E-state index in [4.69, 9.17) is 4.74 Å². The first kappa shape index (κ1) is 15.9. The van der Waals surface area contributed by atoms with Gasteiger partial charge in [-0.05, 0) is 11.5 Å². The molecule has 0 N–H and O–H groups in total. The van der Waals surface area contributed by atoms with Crippen molar-refractivity contribution in [1.82, 2.24) is 4.90 Å². The zero-order valence-electron chi connectivity index (χ0n) is 13.2. The van der Waals surface area contributed by atoms with Crippen molar-refractivity contribution in [3.63, 3.8) is 0 Å². The van der Waals surface area contributed by atoms with Crippen molar-refractivity contribution in [2.45, 2.75) is 26.0 Å². The summed E-state index contributed by atoms with van der Waals surface area (Å²) in [6.45, 7) is 4.18. The van der Waals surface area contributed by atoms with E-state index >= 15 is 0 Å². The van der Waals surface area contributed by atoms with Crippen LogP contribution in [0.5, 0.6) is 0 Å². The van der Waals surface area contributed by atoms with Gasteiger partial charge >= 0.3 is 5.97 Å². The molecule has 0 bridgehead atoms. The van der Waals surface area contributed by atoms with Crippen molar-refractivity contribution in [3.8, 4) is 6.07 Å². The molecule has 0 saturated carbocycles. The second kappa shape index (κ2) is 6.52. The molecule has 22 heavy (non-hydrogen) atoms. The van der Waals surface area contributed by atoms with Crippen LogP contribution in [-0.4, -0.2) is 31.1 Å². The molecule has 1 fully saturated rings. The van der Waals surface area contributed by atoms with Crippen LogP contribution in [0.15, 0.2) is 41.8 Å². The second-order valence-corrected chi connectivity index (χ2v) is 5.58. The maximum Gasteiger partial charge on any atom is 0.354 e. The van der Waals surface area contributed by atoms with Gasteiger partial charge < -0.3 is 14.4 Å². The maximum atomic E-state index is 11.8. The van der Waals surface area contributed by atoms with Gasteiger partial charge in [-0.15, -0.1) is 0 Å². The number of methoxy groups -OCH3 is 1. The fourth-order valence-electron chi connectivity index (χ4n) is 2.83. The second-order valence-electron chi connectivity index (χ2n) is 5.58. The number of hydrogen-bond donors (Lipinski definition) is 0. The normalized spacial score (nSPS) is 23.0. The molecule has 5 nitrogen and oxygen atoms in total. The van der Waals surface area contributed by atoms with Crippen LogP contribution in [0.4, 0.5) is 0 Å². The number of likely N-dealkylation sites (N-methyl/N-ethyl adjacent to an activating group) is 1. The lowest BCUT2D eigenvalue weighted by Crippen LogP contribution is -2.33. The predicted octanol–water partition coefficient (Wildman–Crippen LogP) is 2.62.